The predicted octanol–water partition coefficient (Wildman–Crippen LogP) is 9.30. The van der Waals surface area contributed by atoms with Gasteiger partial charge in [-0.2, -0.15) is 0 Å². The van der Waals surface area contributed by atoms with Gasteiger partial charge >= 0.3 is 0 Å². The Kier molecular flexibility index (Phi) is 3.91. The second-order valence-corrected chi connectivity index (χ2v) is 10.5. The van der Waals surface area contributed by atoms with E-state index in [9.17, 15) is 0 Å². The summed E-state index contributed by atoms with van der Waals surface area (Å²) >= 11 is 0. The van der Waals surface area contributed by atoms with Gasteiger partial charge in [0.25, 0.3) is 0 Å². The lowest BCUT2D eigenvalue weighted by Gasteiger charge is -2.23. The van der Waals surface area contributed by atoms with Crippen molar-refractivity contribution in [3.8, 4) is 33.4 Å². The minimum Gasteiger partial charge on any atom is -0.0795 e. The molecule has 3 aliphatic rings. The molecule has 2 atom stereocenters. The summed E-state index contributed by atoms with van der Waals surface area (Å²) in [6, 6.07) is 34.5. The zero-order valence-electron chi connectivity index (χ0n) is 19.9. The van der Waals surface area contributed by atoms with Gasteiger partial charge in [0, 0.05) is 0 Å². The molecule has 0 aromatic heterocycles. The van der Waals surface area contributed by atoms with Gasteiger partial charge in [-0.05, 0) is 116 Å². The molecule has 0 saturated heterocycles. The molecule has 8 rings (SSSR count). The number of hydrogen-bond donors (Lipinski definition) is 0. The maximum Gasteiger partial charge on any atom is -0.00743 e. The smallest absolute Gasteiger partial charge is 0.00743 e. The first-order valence-corrected chi connectivity index (χ1v) is 12.8. The second-order valence-electron chi connectivity index (χ2n) is 10.5. The van der Waals surface area contributed by atoms with Crippen LogP contribution in [0.25, 0.3) is 50.2 Å². The molecular weight excluding hydrogens is 420 g/mol. The first-order chi connectivity index (χ1) is 17.3. The van der Waals surface area contributed by atoms with E-state index in [2.05, 4.69) is 110 Å². The van der Waals surface area contributed by atoms with Crippen LogP contribution in [0.2, 0.25) is 0 Å². The highest BCUT2D eigenvalue weighted by Crippen LogP contribution is 2.63. The molecule has 0 heterocycles. The molecule has 0 spiro atoms. The van der Waals surface area contributed by atoms with Crippen LogP contribution in [0.15, 0.2) is 97.1 Å². The summed E-state index contributed by atoms with van der Waals surface area (Å²) in [6.07, 6.45) is 6.90. The van der Waals surface area contributed by atoms with Crippen molar-refractivity contribution in [2.45, 2.75) is 31.6 Å². The minimum absolute atomic E-state index is 0.659. The summed E-state index contributed by atoms with van der Waals surface area (Å²) in [5.41, 5.74) is 15.6. The zero-order valence-corrected chi connectivity index (χ0v) is 19.9. The van der Waals surface area contributed by atoms with Crippen molar-refractivity contribution in [1.82, 2.24) is 0 Å². The number of fused-ring (bicyclic) bond motifs is 9. The van der Waals surface area contributed by atoms with Crippen LogP contribution >= 0.6 is 0 Å². The molecule has 1 saturated carbocycles. The molecule has 5 aromatic rings. The third-order valence-corrected chi connectivity index (χ3v) is 8.41. The van der Waals surface area contributed by atoms with Crippen LogP contribution in [-0.2, 0) is 6.42 Å². The van der Waals surface area contributed by atoms with Gasteiger partial charge in [-0.1, -0.05) is 91.0 Å². The summed E-state index contributed by atoms with van der Waals surface area (Å²) in [6.45, 7) is 2.24. The van der Waals surface area contributed by atoms with E-state index in [0.717, 1.165) is 6.42 Å². The van der Waals surface area contributed by atoms with Gasteiger partial charge in [-0.3, -0.25) is 0 Å². The third kappa shape index (κ3) is 2.80. The average Bonchev–Trinajstić information content (AvgIpc) is 3.56. The summed E-state index contributed by atoms with van der Waals surface area (Å²) in [7, 11) is 0. The van der Waals surface area contributed by atoms with Crippen LogP contribution in [0.1, 0.15) is 46.1 Å². The SMILES string of the molecule is Cc1cc(-c2cccc3c2C2CC2c2ccccc2-3)cc(-c2cc3c(c4ccccc24)C=CC3)c1. The van der Waals surface area contributed by atoms with Crippen LogP contribution in [-0.4, -0.2) is 0 Å². The first kappa shape index (κ1) is 19.4. The minimum atomic E-state index is 0.659. The van der Waals surface area contributed by atoms with Crippen LogP contribution in [0.4, 0.5) is 0 Å². The van der Waals surface area contributed by atoms with Gasteiger partial charge in [0.1, 0.15) is 0 Å². The van der Waals surface area contributed by atoms with Crippen molar-refractivity contribution in [2.24, 2.45) is 0 Å². The van der Waals surface area contributed by atoms with Crippen molar-refractivity contribution in [3.05, 3.63) is 125 Å². The van der Waals surface area contributed by atoms with Crippen LogP contribution < -0.4 is 0 Å². The Hall–Kier alpha value is -3.90. The van der Waals surface area contributed by atoms with E-state index in [1.165, 1.54) is 67.3 Å². The maximum absolute atomic E-state index is 2.44. The largest absolute Gasteiger partial charge is 0.0795 e. The van der Waals surface area contributed by atoms with Gasteiger partial charge in [0.2, 0.25) is 0 Å². The number of rotatable bonds is 2. The van der Waals surface area contributed by atoms with E-state index >= 15 is 0 Å². The van der Waals surface area contributed by atoms with Crippen LogP contribution in [0.3, 0.4) is 0 Å². The molecule has 0 amide bonds. The van der Waals surface area contributed by atoms with Crippen molar-refractivity contribution >= 4 is 16.8 Å². The summed E-state index contributed by atoms with van der Waals surface area (Å²) in [5.74, 6) is 1.35. The molecule has 0 radical (unpaired) electrons. The van der Waals surface area contributed by atoms with Crippen molar-refractivity contribution in [3.63, 3.8) is 0 Å². The molecule has 0 nitrogen and oxygen atoms in total. The van der Waals surface area contributed by atoms with Gasteiger partial charge in [0.05, 0.1) is 0 Å². The van der Waals surface area contributed by atoms with Gasteiger partial charge < -0.3 is 0 Å². The lowest BCUT2D eigenvalue weighted by molar-refractivity contribution is 1.01. The standard InChI is InChI=1S/C35H26/c1-21-16-23(26-14-7-15-31-28-10-3-5-12-30(28)33-20-34(33)35(26)31)18-24(17-21)32-19-22-8-6-13-25(22)27-9-2-4-11-29(27)32/h2-7,9-19,33-34H,8,20H2,1H3. The summed E-state index contributed by atoms with van der Waals surface area (Å²) in [5, 5.41) is 2.71. The molecule has 2 unspecified atom stereocenters. The van der Waals surface area contributed by atoms with Gasteiger partial charge in [0.15, 0.2) is 0 Å². The Morgan fingerprint density at radius 1 is 0.629 bits per heavy atom. The first-order valence-electron chi connectivity index (χ1n) is 12.8. The van der Waals surface area contributed by atoms with Crippen molar-refractivity contribution in [2.75, 3.05) is 0 Å². The fraction of sp³-hybridized carbons (Fsp3) is 0.143. The Balaban J connectivity index is 1.35. The quantitative estimate of drug-likeness (QED) is 0.253. The van der Waals surface area contributed by atoms with E-state index in [4.69, 9.17) is 0 Å². The molecule has 1 fully saturated rings. The normalized spacial score (nSPS) is 18.7. The Bertz CT molecular complexity index is 1710. The topological polar surface area (TPSA) is 0 Å². The Morgan fingerprint density at radius 3 is 2.29 bits per heavy atom. The molecule has 0 aliphatic heterocycles. The van der Waals surface area contributed by atoms with E-state index < -0.39 is 0 Å². The van der Waals surface area contributed by atoms with Crippen LogP contribution in [0.5, 0.6) is 0 Å². The lowest BCUT2D eigenvalue weighted by atomic mass is 9.81. The molecule has 3 aliphatic carbocycles. The monoisotopic (exact) mass is 446 g/mol. The number of allylic oxidation sites excluding steroid dienone is 1. The van der Waals surface area contributed by atoms with E-state index in [-0.39, 0.29) is 0 Å². The molecule has 5 aromatic carbocycles. The number of aryl methyl sites for hydroxylation is 1. The molecule has 0 bridgehead atoms. The molecule has 166 valence electrons. The molecular formula is C35H26. The van der Waals surface area contributed by atoms with E-state index in [1.807, 2.05) is 0 Å². The molecule has 35 heavy (non-hydrogen) atoms. The number of benzene rings is 5. The Morgan fingerprint density at radius 2 is 1.37 bits per heavy atom. The number of hydrogen-bond acceptors (Lipinski definition) is 0. The van der Waals surface area contributed by atoms with E-state index in [0.29, 0.717) is 11.8 Å². The second kappa shape index (κ2) is 7.06. The summed E-state index contributed by atoms with van der Waals surface area (Å²) < 4.78 is 0. The van der Waals surface area contributed by atoms with E-state index in [1.54, 1.807) is 11.1 Å². The maximum atomic E-state index is 2.44. The zero-order chi connectivity index (χ0) is 23.1. The third-order valence-electron chi connectivity index (χ3n) is 8.41. The fourth-order valence-electron chi connectivity index (χ4n) is 6.83. The average molecular weight is 447 g/mol. The highest BCUT2D eigenvalue weighted by molar-refractivity contribution is 6.03. The fourth-order valence-corrected chi connectivity index (χ4v) is 6.83. The lowest BCUT2D eigenvalue weighted by Crippen LogP contribution is -2.01. The highest BCUT2D eigenvalue weighted by Gasteiger charge is 2.46. The predicted molar refractivity (Wildman–Crippen MR) is 148 cm³/mol. The van der Waals surface area contributed by atoms with Crippen molar-refractivity contribution < 1.29 is 0 Å². The van der Waals surface area contributed by atoms with Gasteiger partial charge in [-0.25, -0.2) is 0 Å². The van der Waals surface area contributed by atoms with Gasteiger partial charge in [-0.15, -0.1) is 0 Å². The Labute approximate surface area is 206 Å². The molecule has 0 N–H and O–H groups in total. The molecule has 0 heteroatoms. The highest BCUT2D eigenvalue weighted by atomic mass is 14.5. The summed E-state index contributed by atoms with van der Waals surface area (Å²) in [4.78, 5) is 0. The van der Waals surface area contributed by atoms with Crippen molar-refractivity contribution in [1.29, 1.82) is 0 Å². The van der Waals surface area contributed by atoms with Crippen LogP contribution in [0, 0.1) is 6.92 Å².